The van der Waals surface area contributed by atoms with Crippen molar-refractivity contribution in [3.63, 3.8) is 0 Å². The first kappa shape index (κ1) is 9.58. The Bertz CT molecular complexity index is 428. The molecule has 0 saturated heterocycles. The van der Waals surface area contributed by atoms with Gasteiger partial charge in [0.15, 0.2) is 0 Å². The number of rotatable bonds is 3. The van der Waals surface area contributed by atoms with E-state index in [1.165, 1.54) is 6.33 Å². The van der Waals surface area contributed by atoms with Crippen LogP contribution in [-0.2, 0) is 6.54 Å². The van der Waals surface area contributed by atoms with Crippen molar-refractivity contribution in [2.45, 2.75) is 13.5 Å². The minimum atomic E-state index is 0.716. The quantitative estimate of drug-likeness (QED) is 0.820. The Morgan fingerprint density at radius 1 is 1.27 bits per heavy atom. The number of hydrogen-bond donors (Lipinski definition) is 1. The number of hydrogen-bond acceptors (Lipinski definition) is 4. The molecule has 0 spiro atoms. The van der Waals surface area contributed by atoms with Crippen molar-refractivity contribution in [1.29, 1.82) is 0 Å². The molecule has 0 aliphatic heterocycles. The van der Waals surface area contributed by atoms with Crippen LogP contribution in [0.5, 0.6) is 0 Å². The van der Waals surface area contributed by atoms with Gasteiger partial charge >= 0.3 is 0 Å². The van der Waals surface area contributed by atoms with Gasteiger partial charge in [-0.05, 0) is 19.1 Å². The molecule has 0 radical (unpaired) electrons. The first-order valence-electron chi connectivity index (χ1n) is 4.75. The molecule has 0 unspecified atom stereocenters. The van der Waals surface area contributed by atoms with Gasteiger partial charge in [-0.25, -0.2) is 9.97 Å². The molecule has 15 heavy (non-hydrogen) atoms. The molecule has 76 valence electrons. The predicted octanol–water partition coefficient (Wildman–Crippen LogP) is 1.79. The van der Waals surface area contributed by atoms with Gasteiger partial charge in [-0.3, -0.25) is 4.98 Å². The largest absolute Gasteiger partial charge is 0.379 e. The molecule has 0 aromatic carbocycles. The second kappa shape index (κ2) is 4.50. The number of aryl methyl sites for hydroxylation is 1. The van der Waals surface area contributed by atoms with Crippen molar-refractivity contribution in [2.75, 3.05) is 5.32 Å². The maximum Gasteiger partial charge on any atom is 0.115 e. The summed E-state index contributed by atoms with van der Waals surface area (Å²) in [6, 6.07) is 3.92. The summed E-state index contributed by atoms with van der Waals surface area (Å²) in [5, 5.41) is 3.29. The van der Waals surface area contributed by atoms with E-state index in [0.29, 0.717) is 6.54 Å². The van der Waals surface area contributed by atoms with E-state index < -0.39 is 0 Å². The van der Waals surface area contributed by atoms with Crippen LogP contribution in [0.1, 0.15) is 11.3 Å². The average molecular weight is 200 g/mol. The summed E-state index contributed by atoms with van der Waals surface area (Å²) < 4.78 is 0. The number of anilines is 1. The third kappa shape index (κ3) is 2.49. The van der Waals surface area contributed by atoms with Crippen LogP contribution in [0.25, 0.3) is 0 Å². The van der Waals surface area contributed by atoms with Crippen LogP contribution < -0.4 is 5.32 Å². The monoisotopic (exact) mass is 200 g/mol. The third-order valence-corrected chi connectivity index (χ3v) is 2.10. The highest BCUT2D eigenvalue weighted by molar-refractivity contribution is 5.46. The molecule has 2 aromatic heterocycles. The molecule has 0 atom stereocenters. The number of nitrogens with zero attached hydrogens (tertiary/aromatic N) is 3. The van der Waals surface area contributed by atoms with Crippen molar-refractivity contribution in [1.82, 2.24) is 15.0 Å². The Morgan fingerprint density at radius 2 is 2.07 bits per heavy atom. The molecule has 0 aliphatic carbocycles. The first-order valence-corrected chi connectivity index (χ1v) is 4.75. The molecule has 0 saturated carbocycles. The summed E-state index contributed by atoms with van der Waals surface area (Å²) in [5.41, 5.74) is 3.09. The molecule has 2 rings (SSSR count). The van der Waals surface area contributed by atoms with E-state index in [9.17, 15) is 0 Å². The van der Waals surface area contributed by atoms with E-state index in [0.717, 1.165) is 16.9 Å². The Balaban J connectivity index is 2.03. The molecule has 0 amide bonds. The topological polar surface area (TPSA) is 50.7 Å². The van der Waals surface area contributed by atoms with Gasteiger partial charge in [0.1, 0.15) is 6.33 Å². The van der Waals surface area contributed by atoms with Crippen LogP contribution in [-0.4, -0.2) is 15.0 Å². The number of aromatic nitrogens is 3. The summed E-state index contributed by atoms with van der Waals surface area (Å²) >= 11 is 0. The van der Waals surface area contributed by atoms with Gasteiger partial charge in [-0.2, -0.15) is 0 Å². The molecule has 0 aliphatic rings. The van der Waals surface area contributed by atoms with Crippen LogP contribution in [0.4, 0.5) is 5.69 Å². The summed E-state index contributed by atoms with van der Waals surface area (Å²) in [7, 11) is 0. The highest BCUT2D eigenvalue weighted by atomic mass is 14.9. The highest BCUT2D eigenvalue weighted by Crippen LogP contribution is 2.11. The lowest BCUT2D eigenvalue weighted by molar-refractivity contribution is 1.04. The summed E-state index contributed by atoms with van der Waals surface area (Å²) in [5.74, 6) is 0. The van der Waals surface area contributed by atoms with Gasteiger partial charge < -0.3 is 5.32 Å². The Labute approximate surface area is 88.4 Å². The smallest absolute Gasteiger partial charge is 0.115 e. The van der Waals surface area contributed by atoms with Gasteiger partial charge in [-0.1, -0.05) is 0 Å². The van der Waals surface area contributed by atoms with Gasteiger partial charge in [0, 0.05) is 30.7 Å². The van der Waals surface area contributed by atoms with Crippen molar-refractivity contribution >= 4 is 5.69 Å². The fourth-order valence-corrected chi connectivity index (χ4v) is 1.29. The van der Waals surface area contributed by atoms with Crippen LogP contribution >= 0.6 is 0 Å². The molecule has 0 bridgehead atoms. The molecular formula is C11H12N4. The third-order valence-electron chi connectivity index (χ3n) is 2.10. The van der Waals surface area contributed by atoms with Gasteiger partial charge in [0.05, 0.1) is 11.4 Å². The fourth-order valence-electron chi connectivity index (χ4n) is 1.29. The van der Waals surface area contributed by atoms with E-state index in [4.69, 9.17) is 0 Å². The van der Waals surface area contributed by atoms with Crippen molar-refractivity contribution < 1.29 is 0 Å². The molecule has 2 aromatic rings. The minimum Gasteiger partial charge on any atom is -0.379 e. The zero-order chi connectivity index (χ0) is 10.5. The second-order valence-electron chi connectivity index (χ2n) is 3.24. The van der Waals surface area contributed by atoms with Crippen molar-refractivity contribution in [3.05, 3.63) is 48.3 Å². The van der Waals surface area contributed by atoms with Crippen LogP contribution in [0.3, 0.4) is 0 Å². The number of pyridine rings is 1. The summed E-state index contributed by atoms with van der Waals surface area (Å²) in [6.07, 6.45) is 6.91. The first-order chi connectivity index (χ1) is 7.36. The maximum atomic E-state index is 4.20. The van der Waals surface area contributed by atoms with Crippen LogP contribution in [0.2, 0.25) is 0 Å². The molecule has 0 fully saturated rings. The van der Waals surface area contributed by atoms with Gasteiger partial charge in [0.2, 0.25) is 0 Å². The Kier molecular flexibility index (Phi) is 2.88. The average Bonchev–Trinajstić information content (AvgIpc) is 2.29. The van der Waals surface area contributed by atoms with Crippen molar-refractivity contribution in [3.8, 4) is 0 Å². The standard InChI is InChI=1S/C11H12N4/c1-9-11(3-2-4-14-9)15-7-10-5-12-8-13-6-10/h2-6,8,15H,7H2,1H3. The van der Waals surface area contributed by atoms with E-state index in [2.05, 4.69) is 20.3 Å². The minimum absolute atomic E-state index is 0.716. The molecule has 4 nitrogen and oxygen atoms in total. The zero-order valence-corrected chi connectivity index (χ0v) is 8.51. The van der Waals surface area contributed by atoms with E-state index in [1.54, 1.807) is 18.6 Å². The van der Waals surface area contributed by atoms with Crippen LogP contribution in [0.15, 0.2) is 37.1 Å². The van der Waals surface area contributed by atoms with E-state index in [-0.39, 0.29) is 0 Å². The molecule has 1 N–H and O–H groups in total. The molecular weight excluding hydrogens is 188 g/mol. The molecule has 2 heterocycles. The lowest BCUT2D eigenvalue weighted by Crippen LogP contribution is -2.02. The molecule has 4 heteroatoms. The normalized spacial score (nSPS) is 9.93. The van der Waals surface area contributed by atoms with E-state index >= 15 is 0 Å². The Hall–Kier alpha value is -1.97. The summed E-state index contributed by atoms with van der Waals surface area (Å²) in [6.45, 7) is 2.69. The van der Waals surface area contributed by atoms with Gasteiger partial charge in [0.25, 0.3) is 0 Å². The summed E-state index contributed by atoms with van der Waals surface area (Å²) in [4.78, 5) is 12.1. The predicted molar refractivity (Wildman–Crippen MR) is 58.3 cm³/mol. The number of nitrogens with one attached hydrogen (secondary N) is 1. The van der Waals surface area contributed by atoms with Crippen LogP contribution in [0, 0.1) is 6.92 Å². The Morgan fingerprint density at radius 3 is 2.80 bits per heavy atom. The highest BCUT2D eigenvalue weighted by Gasteiger charge is 1.97. The zero-order valence-electron chi connectivity index (χ0n) is 8.51. The fraction of sp³-hybridized carbons (Fsp3) is 0.182. The lowest BCUT2D eigenvalue weighted by atomic mass is 10.3. The SMILES string of the molecule is Cc1ncccc1NCc1cncnc1. The maximum absolute atomic E-state index is 4.20. The van der Waals surface area contributed by atoms with Gasteiger partial charge in [-0.15, -0.1) is 0 Å². The second-order valence-corrected chi connectivity index (χ2v) is 3.24. The van der Waals surface area contributed by atoms with E-state index in [1.807, 2.05) is 19.1 Å². The lowest BCUT2D eigenvalue weighted by Gasteiger charge is -2.07. The van der Waals surface area contributed by atoms with Crippen molar-refractivity contribution in [2.24, 2.45) is 0 Å².